The minimum absolute atomic E-state index is 0.220. The SMILES string of the molecule is C/C(=N/NC(=O)c1cccc2ccccc12)c1ccc(NC(=O)c2ccc(Cl)cc2)cc1. The highest BCUT2D eigenvalue weighted by Gasteiger charge is 2.10. The van der Waals surface area contributed by atoms with Gasteiger partial charge in [0.25, 0.3) is 11.8 Å². The number of carbonyl (C=O) groups excluding carboxylic acids is 2. The average Bonchev–Trinajstić information content (AvgIpc) is 2.82. The van der Waals surface area contributed by atoms with Crippen LogP contribution in [0.4, 0.5) is 5.69 Å². The smallest absolute Gasteiger partial charge is 0.272 e. The molecule has 4 rings (SSSR count). The van der Waals surface area contributed by atoms with Gasteiger partial charge in [0.15, 0.2) is 0 Å². The maximum absolute atomic E-state index is 12.7. The van der Waals surface area contributed by atoms with E-state index in [-0.39, 0.29) is 11.8 Å². The van der Waals surface area contributed by atoms with E-state index >= 15 is 0 Å². The molecule has 0 heterocycles. The van der Waals surface area contributed by atoms with Crippen LogP contribution in [0.25, 0.3) is 10.8 Å². The second kappa shape index (κ2) is 9.45. The van der Waals surface area contributed by atoms with Crippen LogP contribution >= 0.6 is 11.6 Å². The van der Waals surface area contributed by atoms with E-state index in [0.717, 1.165) is 16.3 Å². The van der Waals surface area contributed by atoms with Crippen molar-refractivity contribution in [1.82, 2.24) is 5.43 Å². The second-order valence-electron chi connectivity index (χ2n) is 7.20. The molecule has 6 heteroatoms. The zero-order chi connectivity index (χ0) is 22.5. The molecule has 0 saturated heterocycles. The predicted octanol–water partition coefficient (Wildman–Crippen LogP) is 5.90. The molecule has 32 heavy (non-hydrogen) atoms. The fourth-order valence-corrected chi connectivity index (χ4v) is 3.41. The monoisotopic (exact) mass is 441 g/mol. The van der Waals surface area contributed by atoms with Crippen LogP contribution in [0.15, 0.2) is 96.1 Å². The number of benzene rings is 4. The van der Waals surface area contributed by atoms with Crippen LogP contribution in [0, 0.1) is 0 Å². The van der Waals surface area contributed by atoms with Crippen molar-refractivity contribution in [2.75, 3.05) is 5.32 Å². The standard InChI is InChI=1S/C26H20ClN3O2/c1-17(29-30-26(32)24-8-4-6-19-5-2-3-7-23(19)24)18-11-15-22(16-12-18)28-25(31)20-9-13-21(27)14-10-20/h2-16H,1H3,(H,28,31)(H,30,32)/b29-17-. The molecule has 0 bridgehead atoms. The maximum atomic E-state index is 12.7. The van der Waals surface area contributed by atoms with Crippen molar-refractivity contribution in [3.8, 4) is 0 Å². The fourth-order valence-electron chi connectivity index (χ4n) is 3.28. The Bertz CT molecular complexity index is 1310. The third-order valence-corrected chi connectivity index (χ3v) is 5.28. The van der Waals surface area contributed by atoms with E-state index in [1.54, 1.807) is 42.5 Å². The molecule has 0 fully saturated rings. The first kappa shape index (κ1) is 21.3. The van der Waals surface area contributed by atoms with Crippen molar-refractivity contribution in [3.63, 3.8) is 0 Å². The van der Waals surface area contributed by atoms with Gasteiger partial charge in [-0.05, 0) is 65.7 Å². The molecule has 0 unspecified atom stereocenters. The molecule has 4 aromatic rings. The lowest BCUT2D eigenvalue weighted by Crippen LogP contribution is -2.19. The van der Waals surface area contributed by atoms with E-state index in [9.17, 15) is 9.59 Å². The molecule has 2 amide bonds. The lowest BCUT2D eigenvalue weighted by molar-refractivity contribution is 0.0955. The van der Waals surface area contributed by atoms with Crippen molar-refractivity contribution in [2.24, 2.45) is 5.10 Å². The molecule has 0 aromatic heterocycles. The summed E-state index contributed by atoms with van der Waals surface area (Å²) in [5.41, 5.74) is 5.85. The number of hydrogen-bond donors (Lipinski definition) is 2. The van der Waals surface area contributed by atoms with Gasteiger partial charge in [-0.2, -0.15) is 5.10 Å². The maximum Gasteiger partial charge on any atom is 0.272 e. The van der Waals surface area contributed by atoms with Crippen molar-refractivity contribution < 1.29 is 9.59 Å². The van der Waals surface area contributed by atoms with Gasteiger partial charge < -0.3 is 5.32 Å². The highest BCUT2D eigenvalue weighted by atomic mass is 35.5. The molecule has 0 aliphatic heterocycles. The Hall–Kier alpha value is -3.96. The van der Waals surface area contributed by atoms with Gasteiger partial charge in [0.05, 0.1) is 5.71 Å². The van der Waals surface area contributed by atoms with Crippen LogP contribution in [0.5, 0.6) is 0 Å². The van der Waals surface area contributed by atoms with Gasteiger partial charge in [-0.25, -0.2) is 5.43 Å². The summed E-state index contributed by atoms with van der Waals surface area (Å²) in [4.78, 5) is 25.0. The Balaban J connectivity index is 1.43. The van der Waals surface area contributed by atoms with Crippen molar-refractivity contribution in [2.45, 2.75) is 6.92 Å². The molecular weight excluding hydrogens is 422 g/mol. The zero-order valence-electron chi connectivity index (χ0n) is 17.3. The molecule has 158 valence electrons. The summed E-state index contributed by atoms with van der Waals surface area (Å²) in [7, 11) is 0. The number of halogens is 1. The Kier molecular flexibility index (Phi) is 6.29. The summed E-state index contributed by atoms with van der Waals surface area (Å²) in [6.45, 7) is 1.81. The summed E-state index contributed by atoms with van der Waals surface area (Å²) in [6, 6.07) is 27.2. The largest absolute Gasteiger partial charge is 0.322 e. The highest BCUT2D eigenvalue weighted by molar-refractivity contribution is 6.30. The summed E-state index contributed by atoms with van der Waals surface area (Å²) in [5.74, 6) is -0.491. The van der Waals surface area contributed by atoms with E-state index in [1.807, 2.05) is 55.5 Å². The number of hydrogen-bond acceptors (Lipinski definition) is 3. The molecule has 0 atom stereocenters. The lowest BCUT2D eigenvalue weighted by Gasteiger charge is -2.08. The Morgan fingerprint density at radius 2 is 1.41 bits per heavy atom. The summed E-state index contributed by atoms with van der Waals surface area (Å²) in [6.07, 6.45) is 0. The van der Waals surface area contributed by atoms with E-state index < -0.39 is 0 Å². The molecule has 0 aliphatic rings. The van der Waals surface area contributed by atoms with Crippen LogP contribution in [-0.4, -0.2) is 17.5 Å². The first-order chi connectivity index (χ1) is 15.5. The van der Waals surface area contributed by atoms with Crippen molar-refractivity contribution in [1.29, 1.82) is 0 Å². The molecule has 5 nitrogen and oxygen atoms in total. The third kappa shape index (κ3) is 4.85. The quantitative estimate of drug-likeness (QED) is 0.299. The van der Waals surface area contributed by atoms with Gasteiger partial charge in [0.1, 0.15) is 0 Å². The minimum atomic E-state index is -0.270. The zero-order valence-corrected chi connectivity index (χ0v) is 18.1. The van der Waals surface area contributed by atoms with E-state index in [4.69, 9.17) is 11.6 Å². The molecule has 0 saturated carbocycles. The molecule has 2 N–H and O–H groups in total. The number of hydrazone groups is 1. The van der Waals surface area contributed by atoms with Gasteiger partial charge in [-0.3, -0.25) is 9.59 Å². The second-order valence-corrected chi connectivity index (χ2v) is 7.64. The summed E-state index contributed by atoms with van der Waals surface area (Å²) >= 11 is 5.86. The van der Waals surface area contributed by atoms with E-state index in [0.29, 0.717) is 27.5 Å². The highest BCUT2D eigenvalue weighted by Crippen LogP contribution is 2.18. The molecule has 4 aromatic carbocycles. The van der Waals surface area contributed by atoms with E-state index in [2.05, 4.69) is 15.8 Å². The summed E-state index contributed by atoms with van der Waals surface area (Å²) in [5, 5.41) is 9.53. The van der Waals surface area contributed by atoms with Gasteiger partial charge >= 0.3 is 0 Å². The number of nitrogens with zero attached hydrogens (tertiary/aromatic N) is 1. The molecular formula is C26H20ClN3O2. The Morgan fingerprint density at radius 3 is 2.16 bits per heavy atom. The minimum Gasteiger partial charge on any atom is -0.322 e. The van der Waals surface area contributed by atoms with Crippen LogP contribution in [-0.2, 0) is 0 Å². The lowest BCUT2D eigenvalue weighted by atomic mass is 10.0. The molecule has 0 radical (unpaired) electrons. The van der Waals surface area contributed by atoms with Crippen LogP contribution in [0.3, 0.4) is 0 Å². The Labute approximate surface area is 190 Å². The van der Waals surface area contributed by atoms with Crippen LogP contribution in [0.2, 0.25) is 5.02 Å². The van der Waals surface area contributed by atoms with E-state index in [1.165, 1.54) is 0 Å². The summed E-state index contributed by atoms with van der Waals surface area (Å²) < 4.78 is 0. The number of anilines is 1. The number of fused-ring (bicyclic) bond motifs is 1. The van der Waals surface area contributed by atoms with Gasteiger partial charge in [0, 0.05) is 21.8 Å². The average molecular weight is 442 g/mol. The molecule has 0 spiro atoms. The molecule has 0 aliphatic carbocycles. The van der Waals surface area contributed by atoms with Gasteiger partial charge in [0.2, 0.25) is 0 Å². The van der Waals surface area contributed by atoms with Gasteiger partial charge in [-0.1, -0.05) is 60.1 Å². The van der Waals surface area contributed by atoms with Crippen LogP contribution < -0.4 is 10.7 Å². The number of rotatable bonds is 5. The topological polar surface area (TPSA) is 70.6 Å². The first-order valence-electron chi connectivity index (χ1n) is 10.0. The predicted molar refractivity (Wildman–Crippen MR) is 129 cm³/mol. The van der Waals surface area contributed by atoms with Crippen LogP contribution in [0.1, 0.15) is 33.2 Å². The third-order valence-electron chi connectivity index (χ3n) is 5.03. The van der Waals surface area contributed by atoms with Gasteiger partial charge in [-0.15, -0.1) is 0 Å². The number of nitrogens with one attached hydrogen (secondary N) is 2. The normalized spacial score (nSPS) is 11.2. The number of amides is 2. The fraction of sp³-hybridized carbons (Fsp3) is 0.0385. The van der Waals surface area contributed by atoms with Crippen molar-refractivity contribution >= 4 is 45.6 Å². The first-order valence-corrected chi connectivity index (χ1v) is 10.4. The number of carbonyl (C=O) groups is 2. The van der Waals surface area contributed by atoms with Crippen molar-refractivity contribution in [3.05, 3.63) is 113 Å². The Morgan fingerprint density at radius 1 is 0.750 bits per heavy atom.